The number of amides is 3. The minimum Gasteiger partial charge on any atom is -0.369 e. The van der Waals surface area contributed by atoms with E-state index < -0.39 is 41.5 Å². The molecular formula is C35H40F3N5O3. The van der Waals surface area contributed by atoms with Crippen molar-refractivity contribution in [3.8, 4) is 11.1 Å². The van der Waals surface area contributed by atoms with E-state index in [2.05, 4.69) is 15.6 Å². The number of aromatic nitrogens is 1. The molecule has 0 radical (unpaired) electrons. The van der Waals surface area contributed by atoms with Crippen LogP contribution in [0.4, 0.5) is 13.2 Å². The van der Waals surface area contributed by atoms with Crippen molar-refractivity contribution in [2.75, 3.05) is 6.54 Å². The molecule has 2 aliphatic rings. The Morgan fingerprint density at radius 1 is 1.04 bits per heavy atom. The fraction of sp³-hybridized carbons (Fsp3) is 0.429. The lowest BCUT2D eigenvalue weighted by atomic mass is 9.92. The first-order valence-corrected chi connectivity index (χ1v) is 15.5. The van der Waals surface area contributed by atoms with Gasteiger partial charge in [-0.3, -0.25) is 24.7 Å². The molecule has 1 aliphatic heterocycles. The van der Waals surface area contributed by atoms with Gasteiger partial charge in [-0.2, -0.15) is 0 Å². The van der Waals surface area contributed by atoms with Crippen LogP contribution in [0.3, 0.4) is 0 Å². The van der Waals surface area contributed by atoms with Crippen molar-refractivity contribution in [2.45, 2.75) is 82.2 Å². The van der Waals surface area contributed by atoms with E-state index in [0.29, 0.717) is 12.2 Å². The standard InChI is InChI=1S/C35H40F3N5O3/c1-21-19-43(20-26-6-4-5-17-40-26)32(45)28(21)42-31(44)27(18-34(2,3)38)41-29(30(36)37)24-9-7-22(8-10-24)23-11-13-25(14-12-23)35(15-16-35)33(39)46/h4-14,17,21,27-30,41H,15-16,18-20H2,1-3H3,(H2,39,46)(H,42,44)/t21-,27-,28-,29-/m0/s1. The number of carbonyl (C=O) groups excluding carboxylic acids is 3. The van der Waals surface area contributed by atoms with E-state index in [1.165, 1.54) is 13.8 Å². The molecule has 2 aromatic carbocycles. The van der Waals surface area contributed by atoms with Crippen molar-refractivity contribution in [3.63, 3.8) is 0 Å². The van der Waals surface area contributed by atoms with Gasteiger partial charge >= 0.3 is 0 Å². The Kier molecular flexibility index (Phi) is 9.53. The highest BCUT2D eigenvalue weighted by atomic mass is 19.3. The monoisotopic (exact) mass is 635 g/mol. The topological polar surface area (TPSA) is 117 Å². The Morgan fingerprint density at radius 2 is 1.67 bits per heavy atom. The molecule has 1 saturated heterocycles. The van der Waals surface area contributed by atoms with Crippen molar-refractivity contribution in [1.82, 2.24) is 20.5 Å². The fourth-order valence-electron chi connectivity index (χ4n) is 6.18. The minimum absolute atomic E-state index is 0.224. The van der Waals surface area contributed by atoms with Gasteiger partial charge in [-0.25, -0.2) is 13.2 Å². The van der Waals surface area contributed by atoms with E-state index in [-0.39, 0.29) is 36.3 Å². The molecule has 5 rings (SSSR count). The van der Waals surface area contributed by atoms with Crippen LogP contribution in [0.25, 0.3) is 11.1 Å². The summed E-state index contributed by atoms with van der Waals surface area (Å²) < 4.78 is 43.9. The van der Waals surface area contributed by atoms with Crippen molar-refractivity contribution in [1.29, 1.82) is 0 Å². The molecule has 3 amide bonds. The summed E-state index contributed by atoms with van der Waals surface area (Å²) in [5.41, 5.74) is 6.51. The number of nitrogens with one attached hydrogen (secondary N) is 2. The van der Waals surface area contributed by atoms with E-state index >= 15 is 0 Å². The smallest absolute Gasteiger partial charge is 0.257 e. The number of rotatable bonds is 13. The minimum atomic E-state index is -2.91. The van der Waals surface area contributed by atoms with Crippen LogP contribution >= 0.6 is 0 Å². The summed E-state index contributed by atoms with van der Waals surface area (Å²) in [4.78, 5) is 44.4. The molecule has 8 nitrogen and oxygen atoms in total. The second-order valence-electron chi connectivity index (χ2n) is 13.1. The Hall–Kier alpha value is -4.25. The maximum absolute atomic E-state index is 14.9. The molecule has 0 spiro atoms. The third-order valence-corrected chi connectivity index (χ3v) is 8.93. The second kappa shape index (κ2) is 13.2. The predicted octanol–water partition coefficient (Wildman–Crippen LogP) is 4.83. The molecule has 2 fully saturated rings. The van der Waals surface area contributed by atoms with E-state index in [0.717, 1.165) is 29.5 Å². The first kappa shape index (κ1) is 33.1. The number of primary amides is 1. The molecule has 4 N–H and O–H groups in total. The number of pyridine rings is 1. The first-order valence-electron chi connectivity index (χ1n) is 15.5. The molecule has 0 bridgehead atoms. The molecule has 1 aromatic heterocycles. The highest BCUT2D eigenvalue weighted by molar-refractivity contribution is 5.91. The number of halogens is 3. The summed E-state index contributed by atoms with van der Waals surface area (Å²) in [5.74, 6) is -1.62. The molecule has 1 aliphatic carbocycles. The third kappa shape index (κ3) is 7.41. The summed E-state index contributed by atoms with van der Waals surface area (Å²) in [6.07, 6.45) is -0.220. The van der Waals surface area contributed by atoms with Crippen LogP contribution in [-0.2, 0) is 26.3 Å². The zero-order valence-corrected chi connectivity index (χ0v) is 26.2. The van der Waals surface area contributed by atoms with Crippen LogP contribution in [0, 0.1) is 5.92 Å². The quantitative estimate of drug-likeness (QED) is 0.249. The predicted molar refractivity (Wildman–Crippen MR) is 168 cm³/mol. The van der Waals surface area contributed by atoms with Crippen LogP contribution in [-0.4, -0.2) is 58.3 Å². The molecule has 1 saturated carbocycles. The molecule has 2 heterocycles. The summed E-state index contributed by atoms with van der Waals surface area (Å²) in [5, 5.41) is 5.42. The second-order valence-corrected chi connectivity index (χ2v) is 13.1. The van der Waals surface area contributed by atoms with E-state index in [1.807, 2.05) is 37.3 Å². The number of nitrogens with zero attached hydrogens (tertiary/aromatic N) is 2. The molecule has 3 aromatic rings. The average molecular weight is 636 g/mol. The Morgan fingerprint density at radius 3 is 2.20 bits per heavy atom. The van der Waals surface area contributed by atoms with Gasteiger partial charge in [0.05, 0.1) is 29.7 Å². The van der Waals surface area contributed by atoms with Crippen LogP contribution < -0.4 is 16.4 Å². The van der Waals surface area contributed by atoms with Crippen LogP contribution in [0.15, 0.2) is 72.9 Å². The van der Waals surface area contributed by atoms with Crippen molar-refractivity contribution in [2.24, 2.45) is 11.7 Å². The largest absolute Gasteiger partial charge is 0.369 e. The van der Waals surface area contributed by atoms with Gasteiger partial charge in [-0.15, -0.1) is 0 Å². The molecule has 46 heavy (non-hydrogen) atoms. The molecule has 11 heteroatoms. The molecular weight excluding hydrogens is 595 g/mol. The number of benzene rings is 2. The van der Waals surface area contributed by atoms with Gasteiger partial charge in [0.15, 0.2) is 0 Å². The summed E-state index contributed by atoms with van der Waals surface area (Å²) >= 11 is 0. The lowest BCUT2D eigenvalue weighted by molar-refractivity contribution is -0.134. The SMILES string of the molecule is C[C@H]1CN(Cc2ccccn2)C(=O)[C@H]1NC(=O)[C@H](CC(C)(C)F)N[C@@H](c1ccc(-c2ccc(C3(C(N)=O)CC3)cc2)cc1)C(F)F. The van der Waals surface area contributed by atoms with Crippen molar-refractivity contribution in [3.05, 3.63) is 89.7 Å². The molecule has 0 unspecified atom stereocenters. The van der Waals surface area contributed by atoms with Crippen molar-refractivity contribution >= 4 is 17.7 Å². The zero-order chi connectivity index (χ0) is 33.2. The number of carbonyl (C=O) groups is 3. The maximum Gasteiger partial charge on any atom is 0.257 e. The van der Waals surface area contributed by atoms with Crippen LogP contribution in [0.2, 0.25) is 0 Å². The third-order valence-electron chi connectivity index (χ3n) is 8.93. The lowest BCUT2D eigenvalue weighted by Gasteiger charge is -2.29. The van der Waals surface area contributed by atoms with Gasteiger partial charge in [0.2, 0.25) is 17.7 Å². The molecule has 4 atom stereocenters. The van der Waals surface area contributed by atoms with Crippen LogP contribution in [0.1, 0.15) is 62.9 Å². The molecule has 244 valence electrons. The highest BCUT2D eigenvalue weighted by Crippen LogP contribution is 2.48. The van der Waals surface area contributed by atoms with Gasteiger partial charge in [0, 0.05) is 25.1 Å². The number of nitrogens with two attached hydrogens (primary N) is 1. The van der Waals surface area contributed by atoms with Gasteiger partial charge in [-0.05, 0) is 61.1 Å². The summed E-state index contributed by atoms with van der Waals surface area (Å²) in [6.45, 7) is 5.03. The fourth-order valence-corrected chi connectivity index (χ4v) is 6.18. The Balaban J connectivity index is 1.29. The number of alkyl halides is 3. The van der Waals surface area contributed by atoms with Gasteiger partial charge < -0.3 is 16.0 Å². The van der Waals surface area contributed by atoms with E-state index in [4.69, 9.17) is 5.73 Å². The summed E-state index contributed by atoms with van der Waals surface area (Å²) in [6, 6.07) is 15.6. The first-order chi connectivity index (χ1) is 21.8. The lowest BCUT2D eigenvalue weighted by Crippen LogP contribution is -2.54. The van der Waals surface area contributed by atoms with Crippen molar-refractivity contribution < 1.29 is 27.6 Å². The van der Waals surface area contributed by atoms with Gasteiger partial charge in [-0.1, -0.05) is 61.5 Å². The number of likely N-dealkylation sites (tertiary alicyclic amines) is 1. The number of hydrogen-bond donors (Lipinski definition) is 3. The summed E-state index contributed by atoms with van der Waals surface area (Å²) in [7, 11) is 0. The van der Waals surface area contributed by atoms with E-state index in [1.54, 1.807) is 47.5 Å². The Bertz CT molecular complexity index is 1540. The van der Waals surface area contributed by atoms with E-state index in [9.17, 15) is 27.6 Å². The Labute approximate surface area is 267 Å². The highest BCUT2D eigenvalue weighted by Gasteiger charge is 2.50. The maximum atomic E-state index is 14.9. The van der Waals surface area contributed by atoms with Gasteiger partial charge in [0.1, 0.15) is 11.7 Å². The van der Waals surface area contributed by atoms with Crippen LogP contribution in [0.5, 0.6) is 0 Å². The average Bonchev–Trinajstić information content (AvgIpc) is 3.79. The zero-order valence-electron chi connectivity index (χ0n) is 26.2. The van der Waals surface area contributed by atoms with Gasteiger partial charge in [0.25, 0.3) is 6.43 Å². The number of hydrogen-bond acceptors (Lipinski definition) is 5. The normalized spacial score (nSPS) is 20.4.